The van der Waals surface area contributed by atoms with E-state index < -0.39 is 10.0 Å². The Morgan fingerprint density at radius 1 is 1.06 bits per heavy atom. The predicted octanol–water partition coefficient (Wildman–Crippen LogP) is 4.64. The van der Waals surface area contributed by atoms with E-state index in [1.54, 1.807) is 41.8 Å². The largest absolute Gasteiger partial charge is 0.279 e. The summed E-state index contributed by atoms with van der Waals surface area (Å²) in [6.45, 7) is 4.17. The fourth-order valence-corrected chi connectivity index (χ4v) is 5.82. The second kappa shape index (κ2) is 8.64. The molecular weight excluding hydrogens is 430 g/mol. The molecule has 0 bridgehead atoms. The first-order valence-electron chi connectivity index (χ1n) is 9.97. The molecule has 3 aromatic rings. The molecule has 0 fully saturated rings. The molecule has 0 aliphatic heterocycles. The highest BCUT2D eigenvalue weighted by Gasteiger charge is 2.19. The van der Waals surface area contributed by atoms with E-state index in [0.717, 1.165) is 41.9 Å². The lowest BCUT2D eigenvalue weighted by Gasteiger charge is -2.20. The van der Waals surface area contributed by atoms with E-state index in [4.69, 9.17) is 0 Å². The van der Waals surface area contributed by atoms with Crippen molar-refractivity contribution in [2.75, 3.05) is 4.72 Å². The Balaban J connectivity index is 1.47. The topological polar surface area (TPSA) is 87.6 Å². The van der Waals surface area contributed by atoms with Crippen LogP contribution in [0.4, 0.5) is 5.69 Å². The minimum Gasteiger partial charge on any atom is -0.279 e. The van der Waals surface area contributed by atoms with Crippen LogP contribution in [0.1, 0.15) is 45.5 Å². The summed E-state index contributed by atoms with van der Waals surface area (Å²) in [5.74, 6) is -0.336. The molecule has 0 unspecified atom stereocenters. The van der Waals surface area contributed by atoms with Crippen LogP contribution in [0.5, 0.6) is 0 Å². The lowest BCUT2D eigenvalue weighted by atomic mass is 9.86. The number of fused-ring (bicyclic) bond motifs is 1. The molecule has 6 nitrogen and oxygen atoms in total. The maximum absolute atomic E-state index is 12.6. The van der Waals surface area contributed by atoms with E-state index in [-0.39, 0.29) is 10.1 Å². The molecule has 31 heavy (non-hydrogen) atoms. The van der Waals surface area contributed by atoms with Crippen LogP contribution in [0, 0.1) is 13.8 Å². The first-order chi connectivity index (χ1) is 14.8. The van der Waals surface area contributed by atoms with Gasteiger partial charge in [0.05, 0.1) is 5.71 Å². The molecule has 1 aromatic heterocycles. The van der Waals surface area contributed by atoms with Crippen LogP contribution < -0.4 is 10.1 Å². The number of hydrogen-bond donors (Lipinski definition) is 2. The fraction of sp³-hybridized carbons (Fsp3) is 0.217. The lowest BCUT2D eigenvalue weighted by Crippen LogP contribution is -2.22. The van der Waals surface area contributed by atoms with Gasteiger partial charge < -0.3 is 0 Å². The highest BCUT2D eigenvalue weighted by Crippen LogP contribution is 2.26. The number of carbonyl (C=O) groups excluding carboxylic acids is 1. The van der Waals surface area contributed by atoms with Gasteiger partial charge in [-0.3, -0.25) is 9.52 Å². The van der Waals surface area contributed by atoms with Crippen LogP contribution >= 0.6 is 11.3 Å². The van der Waals surface area contributed by atoms with Crippen molar-refractivity contribution in [2.45, 2.75) is 37.3 Å². The van der Waals surface area contributed by atoms with Crippen molar-refractivity contribution in [3.05, 3.63) is 81.7 Å². The molecule has 0 radical (unpaired) electrons. The van der Waals surface area contributed by atoms with Gasteiger partial charge in [0.2, 0.25) is 0 Å². The molecule has 160 valence electrons. The third-order valence-electron chi connectivity index (χ3n) is 5.22. The number of thiophene rings is 1. The maximum atomic E-state index is 12.6. The number of aryl methyl sites for hydroxylation is 2. The number of rotatable bonds is 5. The van der Waals surface area contributed by atoms with Crippen molar-refractivity contribution in [3.8, 4) is 0 Å². The molecular formula is C23H23N3O3S2. The van der Waals surface area contributed by atoms with E-state index in [0.29, 0.717) is 11.3 Å². The Bertz CT molecular complexity index is 1250. The first-order valence-corrected chi connectivity index (χ1v) is 12.3. The van der Waals surface area contributed by atoms with E-state index in [1.807, 2.05) is 0 Å². The van der Waals surface area contributed by atoms with Crippen molar-refractivity contribution >= 4 is 38.7 Å². The lowest BCUT2D eigenvalue weighted by molar-refractivity contribution is 0.0954. The Kier molecular flexibility index (Phi) is 5.93. The monoisotopic (exact) mass is 453 g/mol. The van der Waals surface area contributed by atoms with Gasteiger partial charge in [0.15, 0.2) is 0 Å². The maximum Gasteiger partial charge on any atom is 0.271 e. The number of benzene rings is 2. The molecule has 2 N–H and O–H groups in total. The number of hydrazone groups is 1. The second-order valence-corrected chi connectivity index (χ2v) is 10.4. The van der Waals surface area contributed by atoms with E-state index >= 15 is 0 Å². The third kappa shape index (κ3) is 4.70. The fourth-order valence-electron chi connectivity index (χ4n) is 3.76. The van der Waals surface area contributed by atoms with Gasteiger partial charge in [-0.25, -0.2) is 13.8 Å². The van der Waals surface area contributed by atoms with Crippen molar-refractivity contribution in [2.24, 2.45) is 5.10 Å². The second-order valence-electron chi connectivity index (χ2n) is 7.58. The number of hydrogen-bond acceptors (Lipinski definition) is 5. The molecule has 1 amide bonds. The molecule has 0 spiro atoms. The van der Waals surface area contributed by atoms with Gasteiger partial charge in [0, 0.05) is 16.8 Å². The average Bonchev–Trinajstić information content (AvgIpc) is 3.28. The Morgan fingerprint density at radius 2 is 1.84 bits per heavy atom. The SMILES string of the molecule is Cc1cc(C)c2c(c1)C(=NNC(=O)c1ccc(NS(=O)(=O)c3cccs3)cc1)CCC2. The van der Waals surface area contributed by atoms with E-state index in [2.05, 4.69) is 41.2 Å². The van der Waals surface area contributed by atoms with Crippen LogP contribution in [0.2, 0.25) is 0 Å². The molecule has 1 aliphatic rings. The first kappa shape index (κ1) is 21.3. The highest BCUT2D eigenvalue weighted by molar-refractivity contribution is 7.94. The number of amides is 1. The molecule has 1 heterocycles. The van der Waals surface area contributed by atoms with Crippen LogP contribution in [0.3, 0.4) is 0 Å². The number of carbonyl (C=O) groups is 1. The Labute approximate surface area is 186 Å². The summed E-state index contributed by atoms with van der Waals surface area (Å²) in [4.78, 5) is 12.6. The summed E-state index contributed by atoms with van der Waals surface area (Å²) in [6.07, 6.45) is 2.85. The van der Waals surface area contributed by atoms with Gasteiger partial charge in [-0.2, -0.15) is 5.10 Å². The zero-order valence-corrected chi connectivity index (χ0v) is 18.9. The number of sulfonamides is 1. The number of anilines is 1. The van der Waals surface area contributed by atoms with Gasteiger partial charge in [0.25, 0.3) is 15.9 Å². The molecule has 4 rings (SSSR count). The summed E-state index contributed by atoms with van der Waals surface area (Å²) in [5, 5.41) is 6.11. The quantitative estimate of drug-likeness (QED) is 0.552. The summed E-state index contributed by atoms with van der Waals surface area (Å²) in [7, 11) is -3.62. The zero-order chi connectivity index (χ0) is 22.0. The van der Waals surface area contributed by atoms with Gasteiger partial charge in [-0.05, 0) is 86.0 Å². The highest BCUT2D eigenvalue weighted by atomic mass is 32.2. The van der Waals surface area contributed by atoms with Crippen molar-refractivity contribution in [3.63, 3.8) is 0 Å². The Morgan fingerprint density at radius 3 is 2.55 bits per heavy atom. The summed E-state index contributed by atoms with van der Waals surface area (Å²) >= 11 is 1.14. The minimum atomic E-state index is -3.62. The summed E-state index contributed by atoms with van der Waals surface area (Å²) in [5.41, 5.74) is 9.18. The van der Waals surface area contributed by atoms with Crippen molar-refractivity contribution in [1.82, 2.24) is 5.43 Å². The smallest absolute Gasteiger partial charge is 0.271 e. The molecule has 0 saturated heterocycles. The van der Waals surface area contributed by atoms with Gasteiger partial charge in [-0.15, -0.1) is 11.3 Å². The summed E-state index contributed by atoms with van der Waals surface area (Å²) < 4.78 is 27.4. The zero-order valence-electron chi connectivity index (χ0n) is 17.3. The van der Waals surface area contributed by atoms with E-state index in [1.165, 1.54) is 16.7 Å². The van der Waals surface area contributed by atoms with Gasteiger partial charge in [-0.1, -0.05) is 17.7 Å². The average molecular weight is 454 g/mol. The molecule has 8 heteroatoms. The van der Waals surface area contributed by atoms with Crippen molar-refractivity contribution in [1.29, 1.82) is 0 Å². The van der Waals surface area contributed by atoms with E-state index in [9.17, 15) is 13.2 Å². The van der Waals surface area contributed by atoms with Crippen LogP contribution in [-0.2, 0) is 16.4 Å². The third-order valence-corrected chi connectivity index (χ3v) is 8.00. The number of nitrogens with one attached hydrogen (secondary N) is 2. The van der Waals surface area contributed by atoms with Crippen LogP contribution in [-0.4, -0.2) is 20.0 Å². The van der Waals surface area contributed by atoms with Gasteiger partial charge >= 0.3 is 0 Å². The van der Waals surface area contributed by atoms with Crippen molar-refractivity contribution < 1.29 is 13.2 Å². The van der Waals surface area contributed by atoms with Crippen LogP contribution in [0.15, 0.2) is 63.2 Å². The number of nitrogens with zero attached hydrogens (tertiary/aromatic N) is 1. The standard InChI is InChI=1S/C23H23N3O3S2/c1-15-13-16(2)19-5-3-6-21(20(19)14-15)24-25-23(27)17-8-10-18(11-9-17)26-31(28,29)22-7-4-12-30-22/h4,7-14,26H,3,5-6H2,1-2H3,(H,25,27). The minimum absolute atomic E-state index is 0.239. The van der Waals surface area contributed by atoms with Gasteiger partial charge in [0.1, 0.15) is 4.21 Å². The van der Waals surface area contributed by atoms with Crippen LogP contribution in [0.25, 0.3) is 0 Å². The molecule has 0 saturated carbocycles. The Hall–Kier alpha value is -2.97. The molecule has 0 atom stereocenters. The molecule has 1 aliphatic carbocycles. The summed E-state index contributed by atoms with van der Waals surface area (Å²) in [6, 6.07) is 13.8. The molecule has 2 aromatic carbocycles. The normalized spacial score (nSPS) is 14.8. The predicted molar refractivity (Wildman–Crippen MR) is 124 cm³/mol.